The highest BCUT2D eigenvalue weighted by Gasteiger charge is 2.48. The zero-order valence-electron chi connectivity index (χ0n) is 10.8. The van der Waals surface area contributed by atoms with Gasteiger partial charge in [-0.1, -0.05) is 6.42 Å². The monoisotopic (exact) mass is 236 g/mol. The lowest BCUT2D eigenvalue weighted by Gasteiger charge is -2.34. The Hall–Kier alpha value is -1.30. The summed E-state index contributed by atoms with van der Waals surface area (Å²) in [5, 5.41) is 0. The van der Waals surface area contributed by atoms with E-state index in [1.54, 1.807) is 20.8 Å². The number of rotatable bonds is 2. The van der Waals surface area contributed by atoms with Crippen molar-refractivity contribution in [3.8, 4) is 12.3 Å². The van der Waals surface area contributed by atoms with Crippen molar-refractivity contribution in [3.63, 3.8) is 0 Å². The van der Waals surface area contributed by atoms with E-state index in [0.29, 0.717) is 12.8 Å². The standard InChI is InChI=1S/C14H20O3/c1-5-9-14(10-7-6-8-11(14)15)12(16)17-13(2,3)4/h1H,6-10H2,2-4H3. The summed E-state index contributed by atoms with van der Waals surface area (Å²) in [6.07, 6.45) is 8.10. The van der Waals surface area contributed by atoms with E-state index in [9.17, 15) is 9.59 Å². The van der Waals surface area contributed by atoms with Gasteiger partial charge in [0.15, 0.2) is 5.78 Å². The quantitative estimate of drug-likeness (QED) is 0.420. The predicted octanol–water partition coefficient (Wildman–Crippen LogP) is 2.48. The first-order valence-electron chi connectivity index (χ1n) is 6.02. The number of hydrogen-bond acceptors (Lipinski definition) is 3. The molecule has 0 saturated heterocycles. The molecule has 0 amide bonds. The van der Waals surface area contributed by atoms with Gasteiger partial charge >= 0.3 is 5.97 Å². The van der Waals surface area contributed by atoms with Crippen LogP contribution in [0.4, 0.5) is 0 Å². The Morgan fingerprint density at radius 3 is 2.59 bits per heavy atom. The minimum atomic E-state index is -1.08. The first kappa shape index (κ1) is 13.8. The maximum atomic E-state index is 12.2. The van der Waals surface area contributed by atoms with Gasteiger partial charge < -0.3 is 4.74 Å². The van der Waals surface area contributed by atoms with Crippen molar-refractivity contribution in [2.45, 2.75) is 58.5 Å². The molecule has 1 atom stereocenters. The van der Waals surface area contributed by atoms with Crippen LogP contribution in [0.5, 0.6) is 0 Å². The first-order valence-corrected chi connectivity index (χ1v) is 6.02. The van der Waals surface area contributed by atoms with Crippen LogP contribution >= 0.6 is 0 Å². The largest absolute Gasteiger partial charge is 0.459 e. The third-order valence-electron chi connectivity index (χ3n) is 2.98. The van der Waals surface area contributed by atoms with Gasteiger partial charge in [-0.15, -0.1) is 12.3 Å². The molecule has 0 aliphatic heterocycles. The second kappa shape index (κ2) is 4.91. The molecule has 1 saturated carbocycles. The van der Waals surface area contributed by atoms with Gasteiger partial charge in [-0.25, -0.2) is 0 Å². The van der Waals surface area contributed by atoms with Gasteiger partial charge in [0.05, 0.1) is 0 Å². The molecule has 1 rings (SSSR count). The van der Waals surface area contributed by atoms with Crippen molar-refractivity contribution in [2.24, 2.45) is 5.41 Å². The third kappa shape index (κ3) is 3.09. The molecule has 0 aromatic heterocycles. The number of Topliss-reactive ketones (excluding diaryl/α,β-unsaturated/α-hetero) is 1. The van der Waals surface area contributed by atoms with Crippen LogP contribution in [-0.4, -0.2) is 17.4 Å². The Morgan fingerprint density at radius 1 is 1.47 bits per heavy atom. The van der Waals surface area contributed by atoms with E-state index in [0.717, 1.165) is 12.8 Å². The lowest BCUT2D eigenvalue weighted by atomic mass is 9.71. The van der Waals surface area contributed by atoms with Crippen LogP contribution in [0.2, 0.25) is 0 Å². The van der Waals surface area contributed by atoms with E-state index in [-0.39, 0.29) is 12.2 Å². The molecule has 0 aromatic carbocycles. The molecule has 3 nitrogen and oxygen atoms in total. The first-order chi connectivity index (χ1) is 7.82. The minimum Gasteiger partial charge on any atom is -0.459 e. The fraction of sp³-hybridized carbons (Fsp3) is 0.714. The van der Waals surface area contributed by atoms with Crippen LogP contribution in [0.25, 0.3) is 0 Å². The third-order valence-corrected chi connectivity index (χ3v) is 2.98. The van der Waals surface area contributed by atoms with Crippen molar-refractivity contribution >= 4 is 11.8 Å². The highest BCUT2D eigenvalue weighted by Crippen LogP contribution is 2.38. The summed E-state index contributed by atoms with van der Waals surface area (Å²) in [5.74, 6) is 1.94. The summed E-state index contributed by atoms with van der Waals surface area (Å²) >= 11 is 0. The molecule has 17 heavy (non-hydrogen) atoms. The topological polar surface area (TPSA) is 43.4 Å². The van der Waals surface area contributed by atoms with Crippen molar-refractivity contribution < 1.29 is 14.3 Å². The highest BCUT2D eigenvalue weighted by atomic mass is 16.6. The maximum absolute atomic E-state index is 12.2. The second-order valence-electron chi connectivity index (χ2n) is 5.60. The van der Waals surface area contributed by atoms with E-state index in [1.807, 2.05) is 0 Å². The molecule has 1 aliphatic carbocycles. The molecule has 0 radical (unpaired) electrons. The molecule has 0 heterocycles. The minimum absolute atomic E-state index is 0.0593. The van der Waals surface area contributed by atoms with E-state index in [1.165, 1.54) is 0 Å². The summed E-state index contributed by atoms with van der Waals surface area (Å²) in [5.41, 5.74) is -1.67. The Labute approximate surface area is 103 Å². The average Bonchev–Trinajstić information content (AvgIpc) is 2.19. The van der Waals surface area contributed by atoms with Crippen molar-refractivity contribution in [3.05, 3.63) is 0 Å². The molecule has 0 aromatic rings. The number of hydrogen-bond donors (Lipinski definition) is 0. The zero-order chi connectivity index (χ0) is 13.1. The van der Waals surface area contributed by atoms with E-state index in [2.05, 4.69) is 5.92 Å². The van der Waals surface area contributed by atoms with Crippen LogP contribution in [0, 0.1) is 17.8 Å². The fourth-order valence-corrected chi connectivity index (χ4v) is 2.12. The van der Waals surface area contributed by atoms with Gasteiger partial charge in [0, 0.05) is 12.8 Å². The van der Waals surface area contributed by atoms with Crippen LogP contribution in [0.3, 0.4) is 0 Å². The molecule has 1 fully saturated rings. The molecule has 0 bridgehead atoms. The molecule has 1 aliphatic rings. The molecule has 3 heteroatoms. The summed E-state index contributed by atoms with van der Waals surface area (Å²) < 4.78 is 5.35. The Balaban J connectivity index is 2.95. The number of ether oxygens (including phenoxy) is 1. The predicted molar refractivity (Wildman–Crippen MR) is 65.2 cm³/mol. The number of carbonyl (C=O) groups is 2. The van der Waals surface area contributed by atoms with Crippen LogP contribution < -0.4 is 0 Å². The molecular weight excluding hydrogens is 216 g/mol. The average molecular weight is 236 g/mol. The normalized spacial score (nSPS) is 25.2. The SMILES string of the molecule is C#CCC1(C(=O)OC(C)(C)C)CCCCC1=O. The van der Waals surface area contributed by atoms with Gasteiger partial charge in [0.25, 0.3) is 0 Å². The van der Waals surface area contributed by atoms with Gasteiger partial charge in [-0.2, -0.15) is 0 Å². The van der Waals surface area contributed by atoms with Crippen LogP contribution in [0.1, 0.15) is 52.9 Å². The van der Waals surface area contributed by atoms with Crippen LogP contribution in [0.15, 0.2) is 0 Å². The Bertz CT molecular complexity index is 357. The van der Waals surface area contributed by atoms with Gasteiger partial charge in [0.2, 0.25) is 0 Å². The van der Waals surface area contributed by atoms with Crippen molar-refractivity contribution in [1.82, 2.24) is 0 Å². The van der Waals surface area contributed by atoms with Crippen molar-refractivity contribution in [2.75, 3.05) is 0 Å². The molecular formula is C14H20O3. The molecule has 0 spiro atoms. The van der Waals surface area contributed by atoms with Gasteiger partial charge in [-0.05, 0) is 33.6 Å². The summed E-state index contributed by atoms with van der Waals surface area (Å²) in [4.78, 5) is 24.2. The number of ketones is 1. The molecule has 0 N–H and O–H groups in total. The summed E-state index contributed by atoms with van der Waals surface area (Å²) in [7, 11) is 0. The Kier molecular flexibility index (Phi) is 3.98. The summed E-state index contributed by atoms with van der Waals surface area (Å²) in [6.45, 7) is 5.38. The number of esters is 1. The van der Waals surface area contributed by atoms with E-state index >= 15 is 0 Å². The van der Waals surface area contributed by atoms with E-state index in [4.69, 9.17) is 11.2 Å². The molecule has 94 valence electrons. The van der Waals surface area contributed by atoms with Crippen LogP contribution in [-0.2, 0) is 14.3 Å². The molecule has 1 unspecified atom stereocenters. The van der Waals surface area contributed by atoms with E-state index < -0.39 is 17.0 Å². The number of carbonyl (C=O) groups excluding carboxylic acids is 2. The highest BCUT2D eigenvalue weighted by molar-refractivity contribution is 6.04. The second-order valence-corrected chi connectivity index (χ2v) is 5.60. The zero-order valence-corrected chi connectivity index (χ0v) is 10.8. The lowest BCUT2D eigenvalue weighted by Crippen LogP contribution is -2.45. The van der Waals surface area contributed by atoms with Gasteiger partial charge in [0.1, 0.15) is 11.0 Å². The smallest absolute Gasteiger partial charge is 0.321 e. The fourth-order valence-electron chi connectivity index (χ4n) is 2.12. The summed E-state index contributed by atoms with van der Waals surface area (Å²) in [6, 6.07) is 0. The Morgan fingerprint density at radius 2 is 2.12 bits per heavy atom. The van der Waals surface area contributed by atoms with Crippen molar-refractivity contribution in [1.29, 1.82) is 0 Å². The maximum Gasteiger partial charge on any atom is 0.321 e. The lowest BCUT2D eigenvalue weighted by molar-refractivity contribution is -0.172. The number of terminal acetylenes is 1. The van der Waals surface area contributed by atoms with Gasteiger partial charge in [-0.3, -0.25) is 9.59 Å².